The van der Waals surface area contributed by atoms with Crippen molar-refractivity contribution in [3.63, 3.8) is 0 Å². The van der Waals surface area contributed by atoms with Crippen molar-refractivity contribution in [2.24, 2.45) is 11.7 Å². The number of aliphatic hydroxyl groups excluding tert-OH is 1. The van der Waals surface area contributed by atoms with Crippen LogP contribution in [-0.4, -0.2) is 42.9 Å². The highest BCUT2D eigenvalue weighted by Crippen LogP contribution is 2.32. The molecule has 0 saturated carbocycles. The lowest BCUT2D eigenvalue weighted by Crippen LogP contribution is -2.38. The summed E-state index contributed by atoms with van der Waals surface area (Å²) < 4.78 is 5.31. The average Bonchev–Trinajstić information content (AvgIpc) is 2.87. The summed E-state index contributed by atoms with van der Waals surface area (Å²) in [5.41, 5.74) is 7.44. The van der Waals surface area contributed by atoms with Crippen molar-refractivity contribution >= 4 is 0 Å². The van der Waals surface area contributed by atoms with E-state index in [1.807, 2.05) is 12.1 Å². The molecule has 0 radical (unpaired) electrons. The Bertz CT molecular complexity index is 423. The second-order valence-electron chi connectivity index (χ2n) is 5.74. The van der Waals surface area contributed by atoms with Crippen LogP contribution in [0.15, 0.2) is 24.3 Å². The second kappa shape index (κ2) is 7.07. The maximum atomic E-state index is 9.09. The molecule has 0 aromatic heterocycles. The average molecular weight is 278 g/mol. The normalized spacial score (nSPS) is 22.7. The minimum Gasteiger partial charge on any atom is -0.497 e. The smallest absolute Gasteiger partial charge is 0.119 e. The van der Waals surface area contributed by atoms with Crippen molar-refractivity contribution in [1.82, 2.24) is 4.90 Å². The van der Waals surface area contributed by atoms with E-state index in [4.69, 9.17) is 15.6 Å². The fourth-order valence-electron chi connectivity index (χ4n) is 3.21. The summed E-state index contributed by atoms with van der Waals surface area (Å²) in [6.45, 7) is 4.40. The van der Waals surface area contributed by atoms with Crippen molar-refractivity contribution in [2.45, 2.75) is 31.8 Å². The third-order valence-electron chi connectivity index (χ3n) is 4.18. The maximum absolute atomic E-state index is 9.09. The van der Waals surface area contributed by atoms with Gasteiger partial charge in [0.25, 0.3) is 0 Å². The summed E-state index contributed by atoms with van der Waals surface area (Å²) in [5.74, 6) is 1.46. The predicted molar refractivity (Wildman–Crippen MR) is 80.8 cm³/mol. The van der Waals surface area contributed by atoms with E-state index in [9.17, 15) is 0 Å². The molecule has 1 aliphatic heterocycles. The van der Waals surface area contributed by atoms with E-state index >= 15 is 0 Å². The molecule has 3 atom stereocenters. The fourth-order valence-corrected chi connectivity index (χ4v) is 3.21. The first-order valence-corrected chi connectivity index (χ1v) is 7.40. The molecule has 0 spiro atoms. The van der Waals surface area contributed by atoms with E-state index in [-0.39, 0.29) is 18.7 Å². The van der Waals surface area contributed by atoms with Gasteiger partial charge in [-0.3, -0.25) is 4.90 Å². The molecule has 4 heteroatoms. The van der Waals surface area contributed by atoms with Gasteiger partial charge in [0.05, 0.1) is 7.11 Å². The summed E-state index contributed by atoms with van der Waals surface area (Å²) in [6.07, 6.45) is 2.04. The minimum absolute atomic E-state index is 0.0648. The van der Waals surface area contributed by atoms with Gasteiger partial charge in [-0.1, -0.05) is 12.1 Å². The van der Waals surface area contributed by atoms with Crippen LogP contribution in [0.25, 0.3) is 0 Å². The van der Waals surface area contributed by atoms with E-state index in [0.29, 0.717) is 5.92 Å². The first kappa shape index (κ1) is 15.3. The molecule has 1 aromatic rings. The van der Waals surface area contributed by atoms with Crippen molar-refractivity contribution in [2.75, 3.05) is 26.8 Å². The molecule has 112 valence electrons. The van der Waals surface area contributed by atoms with Gasteiger partial charge < -0.3 is 15.6 Å². The highest BCUT2D eigenvalue weighted by atomic mass is 16.5. The van der Waals surface area contributed by atoms with E-state index in [2.05, 4.69) is 24.0 Å². The molecule has 4 nitrogen and oxygen atoms in total. The Balaban J connectivity index is 2.15. The summed E-state index contributed by atoms with van der Waals surface area (Å²) in [6, 6.07) is 8.46. The topological polar surface area (TPSA) is 58.7 Å². The van der Waals surface area contributed by atoms with E-state index < -0.39 is 0 Å². The minimum atomic E-state index is 0.0648. The van der Waals surface area contributed by atoms with Gasteiger partial charge in [0.1, 0.15) is 5.75 Å². The van der Waals surface area contributed by atoms with Gasteiger partial charge in [-0.2, -0.15) is 0 Å². The van der Waals surface area contributed by atoms with Gasteiger partial charge in [-0.15, -0.1) is 0 Å². The molecule has 1 aromatic carbocycles. The summed E-state index contributed by atoms with van der Waals surface area (Å²) in [4.78, 5) is 2.44. The number of ether oxygens (including phenoxy) is 1. The van der Waals surface area contributed by atoms with Crippen LogP contribution in [0.2, 0.25) is 0 Å². The van der Waals surface area contributed by atoms with Crippen molar-refractivity contribution in [1.29, 1.82) is 0 Å². The maximum Gasteiger partial charge on any atom is 0.119 e. The molecule has 1 fully saturated rings. The first-order chi connectivity index (χ1) is 9.65. The highest BCUT2D eigenvalue weighted by molar-refractivity contribution is 5.31. The molecule has 20 heavy (non-hydrogen) atoms. The Kier molecular flexibility index (Phi) is 5.40. The molecule has 1 heterocycles. The fraction of sp³-hybridized carbons (Fsp3) is 0.625. The third-order valence-corrected chi connectivity index (χ3v) is 4.18. The number of rotatable bonds is 6. The van der Waals surface area contributed by atoms with Gasteiger partial charge in [0.15, 0.2) is 0 Å². The summed E-state index contributed by atoms with van der Waals surface area (Å²) in [5, 5.41) is 9.09. The number of nitrogens with two attached hydrogens (primary N) is 1. The molecular weight excluding hydrogens is 252 g/mol. The SMILES string of the molecule is COc1cccc(C(C(C)N)N2CCC(CCO)C2)c1. The number of methoxy groups -OCH3 is 1. The molecule has 3 N–H and O–H groups in total. The second-order valence-corrected chi connectivity index (χ2v) is 5.74. The zero-order valence-corrected chi connectivity index (χ0v) is 12.5. The van der Waals surface area contributed by atoms with E-state index in [0.717, 1.165) is 31.7 Å². The van der Waals surface area contributed by atoms with E-state index in [1.165, 1.54) is 5.56 Å². The Labute approximate surface area is 121 Å². The molecule has 0 bridgehead atoms. The van der Waals surface area contributed by atoms with Gasteiger partial charge in [-0.25, -0.2) is 0 Å². The first-order valence-electron chi connectivity index (χ1n) is 7.40. The molecule has 1 saturated heterocycles. The summed E-state index contributed by atoms with van der Waals surface area (Å²) >= 11 is 0. The largest absolute Gasteiger partial charge is 0.497 e. The number of hydrogen-bond donors (Lipinski definition) is 2. The van der Waals surface area contributed by atoms with Gasteiger partial charge in [0.2, 0.25) is 0 Å². The van der Waals surface area contributed by atoms with Crippen molar-refractivity contribution in [3.8, 4) is 5.75 Å². The van der Waals surface area contributed by atoms with Crippen LogP contribution in [0.3, 0.4) is 0 Å². The molecule has 3 unspecified atom stereocenters. The molecule has 2 rings (SSSR count). The lowest BCUT2D eigenvalue weighted by molar-refractivity contribution is 0.201. The Morgan fingerprint density at radius 2 is 2.30 bits per heavy atom. The van der Waals surface area contributed by atoms with Gasteiger partial charge >= 0.3 is 0 Å². The highest BCUT2D eigenvalue weighted by Gasteiger charge is 2.31. The predicted octanol–water partition coefficient (Wildman–Crippen LogP) is 1.79. The van der Waals surface area contributed by atoms with Crippen molar-refractivity contribution < 1.29 is 9.84 Å². The number of likely N-dealkylation sites (tertiary alicyclic amines) is 1. The van der Waals surface area contributed by atoms with Crippen LogP contribution in [0.5, 0.6) is 5.75 Å². The monoisotopic (exact) mass is 278 g/mol. The van der Waals surface area contributed by atoms with Crippen LogP contribution >= 0.6 is 0 Å². The summed E-state index contributed by atoms with van der Waals surface area (Å²) in [7, 11) is 1.69. The quantitative estimate of drug-likeness (QED) is 0.833. The molecular formula is C16H26N2O2. The van der Waals surface area contributed by atoms with Crippen LogP contribution in [0.4, 0.5) is 0 Å². The van der Waals surface area contributed by atoms with Crippen LogP contribution in [0, 0.1) is 5.92 Å². The lowest BCUT2D eigenvalue weighted by atomic mass is 9.99. The number of nitrogens with zero attached hydrogens (tertiary/aromatic N) is 1. The van der Waals surface area contributed by atoms with Crippen LogP contribution < -0.4 is 10.5 Å². The van der Waals surface area contributed by atoms with Crippen LogP contribution in [0.1, 0.15) is 31.4 Å². The Hall–Kier alpha value is -1.10. The van der Waals surface area contributed by atoms with E-state index in [1.54, 1.807) is 7.11 Å². The zero-order chi connectivity index (χ0) is 14.5. The van der Waals surface area contributed by atoms with Gasteiger partial charge in [-0.05, 0) is 49.9 Å². The number of hydrogen-bond acceptors (Lipinski definition) is 4. The Morgan fingerprint density at radius 3 is 2.95 bits per heavy atom. The third kappa shape index (κ3) is 3.51. The molecule has 0 amide bonds. The van der Waals surface area contributed by atoms with Gasteiger partial charge in [0, 0.05) is 25.2 Å². The lowest BCUT2D eigenvalue weighted by Gasteiger charge is -2.31. The van der Waals surface area contributed by atoms with Crippen LogP contribution in [-0.2, 0) is 0 Å². The molecule has 0 aliphatic carbocycles. The Morgan fingerprint density at radius 1 is 1.50 bits per heavy atom. The number of aliphatic hydroxyl groups is 1. The zero-order valence-electron chi connectivity index (χ0n) is 12.5. The number of benzene rings is 1. The van der Waals surface area contributed by atoms with Crippen molar-refractivity contribution in [3.05, 3.63) is 29.8 Å². The molecule has 1 aliphatic rings. The standard InChI is InChI=1S/C16H26N2O2/c1-12(17)16(14-4-3-5-15(10-14)20-2)18-8-6-13(11-18)7-9-19/h3-5,10,12-13,16,19H,6-9,11,17H2,1-2H3.